The minimum absolute atomic E-state index is 0.0245. The molecule has 0 aliphatic heterocycles. The van der Waals surface area contributed by atoms with Gasteiger partial charge in [-0.05, 0) is 6.07 Å². The summed E-state index contributed by atoms with van der Waals surface area (Å²) in [5.41, 5.74) is 5.16. The molecule has 0 radical (unpaired) electrons. The van der Waals surface area contributed by atoms with Gasteiger partial charge in [0.05, 0.1) is 11.6 Å². The molecular formula is C8H7ClF3NO2. The minimum Gasteiger partial charge on any atom is -0.405 e. The normalized spacial score (nSPS) is 11.5. The summed E-state index contributed by atoms with van der Waals surface area (Å²) in [6.45, 7) is -0.662. The number of anilines is 1. The van der Waals surface area contributed by atoms with E-state index >= 15 is 0 Å². The van der Waals surface area contributed by atoms with Crippen molar-refractivity contribution in [1.82, 2.24) is 0 Å². The van der Waals surface area contributed by atoms with Gasteiger partial charge in [0.1, 0.15) is 5.75 Å². The maximum Gasteiger partial charge on any atom is 0.573 e. The smallest absolute Gasteiger partial charge is 0.405 e. The van der Waals surface area contributed by atoms with E-state index in [9.17, 15) is 13.2 Å². The molecule has 1 aromatic carbocycles. The van der Waals surface area contributed by atoms with Crippen LogP contribution in [0.15, 0.2) is 12.1 Å². The molecule has 3 nitrogen and oxygen atoms in total. The zero-order valence-corrected chi connectivity index (χ0v) is 8.06. The Labute approximate surface area is 88.2 Å². The van der Waals surface area contributed by atoms with Crippen molar-refractivity contribution in [2.45, 2.75) is 13.0 Å². The molecule has 0 aliphatic carbocycles. The molecule has 0 saturated carbocycles. The van der Waals surface area contributed by atoms with Gasteiger partial charge in [-0.15, -0.1) is 13.2 Å². The van der Waals surface area contributed by atoms with Crippen LogP contribution in [0.5, 0.6) is 5.75 Å². The largest absolute Gasteiger partial charge is 0.573 e. The van der Waals surface area contributed by atoms with Gasteiger partial charge in [0.15, 0.2) is 0 Å². The van der Waals surface area contributed by atoms with Crippen molar-refractivity contribution in [1.29, 1.82) is 0 Å². The van der Waals surface area contributed by atoms with Gasteiger partial charge in [-0.3, -0.25) is 0 Å². The summed E-state index contributed by atoms with van der Waals surface area (Å²) >= 11 is 5.58. The summed E-state index contributed by atoms with van der Waals surface area (Å²) in [5.74, 6) is -0.588. The van der Waals surface area contributed by atoms with Gasteiger partial charge in [-0.2, -0.15) is 0 Å². The fourth-order valence-corrected chi connectivity index (χ4v) is 1.28. The molecule has 7 heteroatoms. The van der Waals surface area contributed by atoms with Crippen LogP contribution < -0.4 is 10.5 Å². The first-order chi connectivity index (χ1) is 6.83. The van der Waals surface area contributed by atoms with E-state index < -0.39 is 18.7 Å². The molecule has 1 aromatic rings. The van der Waals surface area contributed by atoms with E-state index in [0.29, 0.717) is 0 Å². The Kier molecular flexibility index (Phi) is 3.31. The molecule has 3 N–H and O–H groups in total. The van der Waals surface area contributed by atoms with E-state index in [2.05, 4.69) is 4.74 Å². The van der Waals surface area contributed by atoms with Crippen molar-refractivity contribution in [2.24, 2.45) is 0 Å². The highest BCUT2D eigenvalue weighted by molar-refractivity contribution is 6.31. The summed E-state index contributed by atoms with van der Waals surface area (Å²) < 4.78 is 39.5. The van der Waals surface area contributed by atoms with Crippen LogP contribution in [0.3, 0.4) is 0 Å². The number of hydrogen-bond acceptors (Lipinski definition) is 3. The number of alkyl halides is 3. The van der Waals surface area contributed by atoms with Gasteiger partial charge in [0, 0.05) is 17.3 Å². The van der Waals surface area contributed by atoms with E-state index in [1.807, 2.05) is 0 Å². The standard InChI is InChI=1S/C8H7ClF3NO2/c9-6-1-4(13)2-7(5(6)3-14)15-8(10,11)12/h1-2,14H,3,13H2. The molecule has 0 saturated heterocycles. The zero-order chi connectivity index (χ0) is 11.6. The number of aliphatic hydroxyl groups is 1. The average Bonchev–Trinajstić information content (AvgIpc) is 1.99. The van der Waals surface area contributed by atoms with E-state index in [4.69, 9.17) is 22.4 Å². The molecule has 0 fully saturated rings. The lowest BCUT2D eigenvalue weighted by atomic mass is 10.2. The van der Waals surface area contributed by atoms with Crippen molar-refractivity contribution in [3.8, 4) is 5.75 Å². The van der Waals surface area contributed by atoms with E-state index in [-0.39, 0.29) is 16.3 Å². The lowest BCUT2D eigenvalue weighted by Crippen LogP contribution is -2.18. The lowest BCUT2D eigenvalue weighted by molar-refractivity contribution is -0.275. The Bertz CT molecular complexity index is 368. The van der Waals surface area contributed by atoms with Crippen LogP contribution in [0.4, 0.5) is 18.9 Å². The number of benzene rings is 1. The number of rotatable bonds is 2. The third-order valence-electron chi connectivity index (χ3n) is 1.56. The van der Waals surface area contributed by atoms with Crippen LogP contribution in [0.25, 0.3) is 0 Å². The van der Waals surface area contributed by atoms with Gasteiger partial charge < -0.3 is 15.6 Å². The fraction of sp³-hybridized carbons (Fsp3) is 0.250. The van der Waals surface area contributed by atoms with Crippen LogP contribution in [-0.2, 0) is 6.61 Å². The van der Waals surface area contributed by atoms with Crippen molar-refractivity contribution in [3.63, 3.8) is 0 Å². The maximum atomic E-state index is 11.9. The second kappa shape index (κ2) is 4.16. The highest BCUT2D eigenvalue weighted by Crippen LogP contribution is 2.33. The first-order valence-electron chi connectivity index (χ1n) is 3.78. The Balaban J connectivity index is 3.15. The van der Waals surface area contributed by atoms with Crippen LogP contribution >= 0.6 is 11.6 Å². The number of hydrogen-bond donors (Lipinski definition) is 2. The molecule has 0 aromatic heterocycles. The highest BCUT2D eigenvalue weighted by Gasteiger charge is 2.32. The van der Waals surface area contributed by atoms with E-state index in [1.54, 1.807) is 0 Å². The second-order valence-corrected chi connectivity index (χ2v) is 3.09. The molecule has 84 valence electrons. The highest BCUT2D eigenvalue weighted by atomic mass is 35.5. The Morgan fingerprint density at radius 1 is 1.40 bits per heavy atom. The monoisotopic (exact) mass is 241 g/mol. The number of nitrogen functional groups attached to an aromatic ring is 1. The predicted octanol–water partition coefficient (Wildman–Crippen LogP) is 2.31. The van der Waals surface area contributed by atoms with Gasteiger partial charge in [0.2, 0.25) is 0 Å². The van der Waals surface area contributed by atoms with Crippen LogP contribution in [-0.4, -0.2) is 11.5 Å². The molecule has 0 spiro atoms. The van der Waals surface area contributed by atoms with Crippen molar-refractivity contribution < 1.29 is 23.0 Å². The summed E-state index contributed by atoms with van der Waals surface area (Å²) in [5, 5.41) is 8.74. The maximum absolute atomic E-state index is 11.9. The van der Waals surface area contributed by atoms with Crippen LogP contribution in [0.1, 0.15) is 5.56 Å². The first-order valence-corrected chi connectivity index (χ1v) is 4.16. The van der Waals surface area contributed by atoms with Crippen LogP contribution in [0, 0.1) is 0 Å². The molecule has 15 heavy (non-hydrogen) atoms. The lowest BCUT2D eigenvalue weighted by Gasteiger charge is -2.13. The molecular weight excluding hydrogens is 235 g/mol. The Hall–Kier alpha value is -1.14. The first kappa shape index (κ1) is 11.9. The van der Waals surface area contributed by atoms with E-state index in [1.165, 1.54) is 6.07 Å². The summed E-state index contributed by atoms with van der Waals surface area (Å²) in [6.07, 6.45) is -4.85. The molecule has 1 rings (SSSR count). The number of nitrogens with two attached hydrogens (primary N) is 1. The van der Waals surface area contributed by atoms with Crippen molar-refractivity contribution in [3.05, 3.63) is 22.7 Å². The topological polar surface area (TPSA) is 55.5 Å². The average molecular weight is 242 g/mol. The fourth-order valence-electron chi connectivity index (χ4n) is 1.00. The summed E-state index contributed by atoms with van der Waals surface area (Å²) in [7, 11) is 0. The van der Waals surface area contributed by atoms with Crippen molar-refractivity contribution >= 4 is 17.3 Å². The van der Waals surface area contributed by atoms with E-state index in [0.717, 1.165) is 6.07 Å². The molecule has 0 aliphatic rings. The number of aliphatic hydroxyl groups excluding tert-OH is 1. The number of ether oxygens (including phenoxy) is 1. The minimum atomic E-state index is -4.85. The van der Waals surface area contributed by atoms with Gasteiger partial charge in [-0.25, -0.2) is 0 Å². The van der Waals surface area contributed by atoms with Gasteiger partial charge >= 0.3 is 6.36 Å². The van der Waals surface area contributed by atoms with Crippen molar-refractivity contribution in [2.75, 3.05) is 5.73 Å². The molecule has 0 amide bonds. The predicted molar refractivity (Wildman–Crippen MR) is 48.5 cm³/mol. The number of halogens is 4. The third kappa shape index (κ3) is 3.17. The molecule has 0 bridgehead atoms. The van der Waals surface area contributed by atoms with Crippen LogP contribution in [0.2, 0.25) is 5.02 Å². The Morgan fingerprint density at radius 3 is 2.47 bits per heavy atom. The quantitative estimate of drug-likeness (QED) is 0.782. The summed E-state index contributed by atoms with van der Waals surface area (Å²) in [6, 6.07) is 2.18. The van der Waals surface area contributed by atoms with Gasteiger partial charge in [0.25, 0.3) is 0 Å². The molecule has 0 atom stereocenters. The second-order valence-electron chi connectivity index (χ2n) is 2.69. The Morgan fingerprint density at radius 2 is 2.00 bits per heavy atom. The SMILES string of the molecule is Nc1cc(Cl)c(CO)c(OC(F)(F)F)c1. The molecule has 0 heterocycles. The molecule has 0 unspecified atom stereocenters. The summed E-state index contributed by atoms with van der Waals surface area (Å²) in [4.78, 5) is 0. The van der Waals surface area contributed by atoms with Gasteiger partial charge in [-0.1, -0.05) is 11.6 Å². The zero-order valence-electron chi connectivity index (χ0n) is 7.31. The third-order valence-corrected chi connectivity index (χ3v) is 1.90.